The van der Waals surface area contributed by atoms with Crippen LogP contribution < -0.4 is 0 Å². The number of methoxy groups -OCH3 is 1. The van der Waals surface area contributed by atoms with Crippen LogP contribution >= 0.6 is 0 Å². The van der Waals surface area contributed by atoms with Gasteiger partial charge in [0.1, 0.15) is 6.10 Å². The molecular weight excluding hydrogens is 190 g/mol. The van der Waals surface area contributed by atoms with E-state index in [-0.39, 0.29) is 0 Å². The maximum absolute atomic E-state index is 9.57. The zero-order valence-electron chi connectivity index (χ0n) is 7.94. The van der Waals surface area contributed by atoms with Gasteiger partial charge in [-0.2, -0.15) is 0 Å². The highest BCUT2D eigenvalue weighted by atomic mass is 16.7. The Kier molecular flexibility index (Phi) is 3.68. The number of hydrogen-bond acceptors (Lipinski definition) is 5. The lowest BCUT2D eigenvalue weighted by molar-refractivity contribution is -0.260. The molecule has 1 heterocycles. The summed E-state index contributed by atoms with van der Waals surface area (Å²) in [5.41, 5.74) is 8.24. The summed E-state index contributed by atoms with van der Waals surface area (Å²) < 4.78 is 9.99. The summed E-state index contributed by atoms with van der Waals surface area (Å²) in [6.07, 6.45) is -3.74. The molecule has 7 heteroatoms. The van der Waals surface area contributed by atoms with Gasteiger partial charge in [0.2, 0.25) is 0 Å². The summed E-state index contributed by atoms with van der Waals surface area (Å²) in [5, 5.41) is 22.4. The molecule has 0 saturated carbocycles. The van der Waals surface area contributed by atoms with Crippen LogP contribution in [0, 0.1) is 0 Å². The second kappa shape index (κ2) is 4.59. The molecule has 2 unspecified atom stereocenters. The molecule has 1 aliphatic heterocycles. The predicted octanol–water partition coefficient (Wildman–Crippen LogP) is -0.222. The largest absolute Gasteiger partial charge is 0.390 e. The lowest BCUT2D eigenvalue weighted by Gasteiger charge is -2.38. The highest BCUT2D eigenvalue weighted by molar-refractivity contribution is 4.92. The van der Waals surface area contributed by atoms with Crippen molar-refractivity contribution in [3.05, 3.63) is 10.4 Å². The second-order valence-electron chi connectivity index (χ2n) is 3.12. The van der Waals surface area contributed by atoms with E-state index in [1.807, 2.05) is 0 Å². The van der Waals surface area contributed by atoms with Crippen LogP contribution in [0.5, 0.6) is 0 Å². The van der Waals surface area contributed by atoms with Crippen LogP contribution in [0.25, 0.3) is 10.4 Å². The van der Waals surface area contributed by atoms with E-state index in [4.69, 9.17) is 15.0 Å². The molecule has 80 valence electrons. The predicted molar refractivity (Wildman–Crippen MR) is 46.3 cm³/mol. The number of hydrogen-bond donors (Lipinski definition) is 2. The third-order valence-corrected chi connectivity index (χ3v) is 2.23. The van der Waals surface area contributed by atoms with Gasteiger partial charge in [-0.3, -0.25) is 0 Å². The standard InChI is InChI=1S/C7H13N3O4/c1-3-4(9-10-8)5(11)6(12)7(13-2)14-3/h3-7,11-12H,1-2H3/t3?,4-,5?,6-,7+/m1/s1. The molecule has 0 bridgehead atoms. The van der Waals surface area contributed by atoms with E-state index in [1.54, 1.807) is 6.92 Å². The molecule has 2 N–H and O–H groups in total. The van der Waals surface area contributed by atoms with Crippen molar-refractivity contribution >= 4 is 0 Å². The van der Waals surface area contributed by atoms with Crippen molar-refractivity contribution < 1.29 is 19.7 Å². The van der Waals surface area contributed by atoms with Crippen molar-refractivity contribution in [1.82, 2.24) is 0 Å². The Morgan fingerprint density at radius 3 is 2.57 bits per heavy atom. The highest BCUT2D eigenvalue weighted by Crippen LogP contribution is 2.23. The minimum atomic E-state index is -1.20. The molecule has 0 aromatic carbocycles. The monoisotopic (exact) mass is 203 g/mol. The van der Waals surface area contributed by atoms with Crippen molar-refractivity contribution in [2.45, 2.75) is 37.6 Å². The molecule has 0 radical (unpaired) electrons. The van der Waals surface area contributed by atoms with Crippen molar-refractivity contribution in [1.29, 1.82) is 0 Å². The van der Waals surface area contributed by atoms with Gasteiger partial charge in [0.05, 0.1) is 18.2 Å². The highest BCUT2D eigenvalue weighted by Gasteiger charge is 2.42. The van der Waals surface area contributed by atoms with E-state index in [9.17, 15) is 10.2 Å². The van der Waals surface area contributed by atoms with Crippen molar-refractivity contribution in [3.63, 3.8) is 0 Å². The van der Waals surface area contributed by atoms with Gasteiger partial charge >= 0.3 is 0 Å². The smallest absolute Gasteiger partial charge is 0.185 e. The SMILES string of the molecule is CO[C@H]1OC(C)[C@@H](N=[N+]=[N-])C(O)[C@H]1O. The van der Waals surface area contributed by atoms with Crippen molar-refractivity contribution in [2.24, 2.45) is 5.11 Å². The maximum atomic E-state index is 9.57. The molecule has 5 atom stereocenters. The molecular formula is C7H13N3O4. The molecule has 0 amide bonds. The first kappa shape index (κ1) is 11.2. The molecule has 1 aliphatic rings. The van der Waals surface area contributed by atoms with Gasteiger partial charge in [0, 0.05) is 12.0 Å². The second-order valence-corrected chi connectivity index (χ2v) is 3.12. The topological polar surface area (TPSA) is 108 Å². The fourth-order valence-electron chi connectivity index (χ4n) is 1.43. The number of azide groups is 1. The van der Waals surface area contributed by atoms with Crippen LogP contribution in [0.15, 0.2) is 5.11 Å². The van der Waals surface area contributed by atoms with E-state index in [1.165, 1.54) is 7.11 Å². The summed E-state index contributed by atoms with van der Waals surface area (Å²) in [4.78, 5) is 2.58. The van der Waals surface area contributed by atoms with Crippen LogP contribution in [-0.2, 0) is 9.47 Å². The minimum absolute atomic E-state index is 0.491. The Labute approximate surface area is 80.9 Å². The van der Waals surface area contributed by atoms with Gasteiger partial charge < -0.3 is 19.7 Å². The molecule has 1 rings (SSSR count). The number of aliphatic hydroxyl groups excluding tert-OH is 2. The molecule has 7 nitrogen and oxygen atoms in total. The van der Waals surface area contributed by atoms with E-state index < -0.39 is 30.6 Å². The Morgan fingerprint density at radius 1 is 1.43 bits per heavy atom. The van der Waals surface area contributed by atoms with Gasteiger partial charge in [-0.05, 0) is 12.5 Å². The Hall–Kier alpha value is -0.850. The third kappa shape index (κ3) is 1.97. The van der Waals surface area contributed by atoms with Crippen LogP contribution in [0.1, 0.15) is 6.92 Å². The molecule has 1 fully saturated rings. The molecule has 1 saturated heterocycles. The number of ether oxygens (including phenoxy) is 2. The van der Waals surface area contributed by atoms with E-state index in [0.29, 0.717) is 0 Å². The van der Waals surface area contributed by atoms with Crippen molar-refractivity contribution in [2.75, 3.05) is 7.11 Å². The Morgan fingerprint density at radius 2 is 2.07 bits per heavy atom. The zero-order valence-corrected chi connectivity index (χ0v) is 7.94. The van der Waals surface area contributed by atoms with Crippen LogP contribution in [0.3, 0.4) is 0 Å². The first-order valence-electron chi connectivity index (χ1n) is 4.20. The maximum Gasteiger partial charge on any atom is 0.185 e. The van der Waals surface area contributed by atoms with Gasteiger partial charge in [-0.15, -0.1) is 0 Å². The molecule has 0 aromatic rings. The first-order valence-corrected chi connectivity index (χ1v) is 4.20. The first-order chi connectivity index (χ1) is 6.61. The fourth-order valence-corrected chi connectivity index (χ4v) is 1.43. The number of rotatable bonds is 2. The van der Waals surface area contributed by atoms with Crippen LogP contribution in [0.4, 0.5) is 0 Å². The summed E-state index contributed by atoms with van der Waals surface area (Å²) in [6.45, 7) is 1.64. The quantitative estimate of drug-likeness (QED) is 0.367. The number of aliphatic hydroxyl groups is 2. The summed E-state index contributed by atoms with van der Waals surface area (Å²) in [7, 11) is 1.36. The third-order valence-electron chi connectivity index (χ3n) is 2.23. The number of nitrogens with zero attached hydrogens (tertiary/aromatic N) is 3. The van der Waals surface area contributed by atoms with Gasteiger partial charge in [-0.1, -0.05) is 5.11 Å². The van der Waals surface area contributed by atoms with E-state index in [0.717, 1.165) is 0 Å². The molecule has 0 aliphatic carbocycles. The average molecular weight is 203 g/mol. The lowest BCUT2D eigenvalue weighted by Crippen LogP contribution is -2.56. The average Bonchev–Trinajstić information content (AvgIpc) is 2.18. The van der Waals surface area contributed by atoms with Gasteiger partial charge in [0.15, 0.2) is 6.29 Å². The zero-order chi connectivity index (χ0) is 10.7. The van der Waals surface area contributed by atoms with Crippen molar-refractivity contribution in [3.8, 4) is 0 Å². The Balaban J connectivity index is 2.78. The fraction of sp³-hybridized carbons (Fsp3) is 1.00. The van der Waals surface area contributed by atoms with Crippen LogP contribution in [-0.4, -0.2) is 48.0 Å². The molecule has 0 spiro atoms. The van der Waals surface area contributed by atoms with E-state index in [2.05, 4.69) is 10.0 Å². The van der Waals surface area contributed by atoms with Gasteiger partial charge in [0.25, 0.3) is 0 Å². The molecule has 0 aromatic heterocycles. The normalized spacial score (nSPS) is 43.0. The summed E-state index contributed by atoms with van der Waals surface area (Å²) >= 11 is 0. The minimum Gasteiger partial charge on any atom is -0.390 e. The summed E-state index contributed by atoms with van der Waals surface area (Å²) in [5.74, 6) is 0. The lowest BCUT2D eigenvalue weighted by atomic mass is 9.98. The van der Waals surface area contributed by atoms with Crippen LogP contribution in [0.2, 0.25) is 0 Å². The summed E-state index contributed by atoms with van der Waals surface area (Å²) in [6, 6.07) is -0.790. The Bertz CT molecular complexity index is 243. The van der Waals surface area contributed by atoms with Gasteiger partial charge in [-0.25, -0.2) is 0 Å². The van der Waals surface area contributed by atoms with E-state index >= 15 is 0 Å². The molecule has 14 heavy (non-hydrogen) atoms.